The van der Waals surface area contributed by atoms with Gasteiger partial charge in [-0.15, -0.1) is 0 Å². The molecule has 0 saturated carbocycles. The van der Waals surface area contributed by atoms with E-state index in [9.17, 15) is 18.8 Å². The fourth-order valence-corrected chi connectivity index (χ4v) is 5.91. The van der Waals surface area contributed by atoms with Crippen molar-refractivity contribution in [3.8, 4) is 22.3 Å². The van der Waals surface area contributed by atoms with Crippen molar-refractivity contribution in [1.82, 2.24) is 4.98 Å². The first kappa shape index (κ1) is 28.5. The molecule has 0 fully saturated rings. The smallest absolute Gasteiger partial charge is 0.224 e. The molecule has 0 aliphatic carbocycles. The van der Waals surface area contributed by atoms with Crippen LogP contribution in [-0.2, 0) is 11.2 Å². The van der Waals surface area contributed by atoms with E-state index in [1.165, 1.54) is 6.20 Å². The van der Waals surface area contributed by atoms with E-state index in [1.54, 1.807) is 18.3 Å². The number of nitrogens with one attached hydrogen (secondary N) is 1. The number of aromatic nitrogens is 2. The summed E-state index contributed by atoms with van der Waals surface area (Å²) >= 11 is 5.89. The molecule has 1 aliphatic heterocycles. The van der Waals surface area contributed by atoms with Crippen LogP contribution in [0.15, 0.2) is 97.5 Å². The molecule has 1 amide bonds. The largest absolute Gasteiger partial charge is 0.618 e. The highest BCUT2D eigenvalue weighted by atomic mass is 35.5. The molecule has 3 heterocycles. The minimum absolute atomic E-state index is 0.0677. The minimum atomic E-state index is -0.909. The highest BCUT2D eigenvalue weighted by Gasteiger charge is 2.25. The SMILES string of the molecule is O=C1CCCCC(c2ccc(-c3c(F)ccc(Cl)c3F)c[n+]2[O-])c2cccc(c2)-c2ccc(Cc3cccnc3)cc2N1. The maximum absolute atomic E-state index is 14.7. The van der Waals surface area contributed by atoms with Crippen LogP contribution in [0.3, 0.4) is 0 Å². The van der Waals surface area contributed by atoms with Gasteiger partial charge < -0.3 is 10.5 Å². The lowest BCUT2D eigenvalue weighted by molar-refractivity contribution is -0.614. The average Bonchev–Trinajstić information content (AvgIpc) is 3.00. The molecule has 1 aliphatic rings. The molecule has 0 saturated heterocycles. The number of hydrogen-bond donors (Lipinski definition) is 1. The number of fused-ring (bicyclic) bond motifs is 4. The molecule has 1 N–H and O–H groups in total. The molecule has 8 heteroatoms. The van der Waals surface area contributed by atoms with Crippen LogP contribution in [-0.4, -0.2) is 10.9 Å². The van der Waals surface area contributed by atoms with Crippen molar-refractivity contribution in [2.45, 2.75) is 38.0 Å². The van der Waals surface area contributed by atoms with Crippen LogP contribution in [0.1, 0.15) is 54.0 Å². The standard InChI is InChI=1S/C35H28ClF2N3O2/c36-29-13-14-30(37)34(35(29)38)26-11-15-32(41(43)21-26)28-8-1-2-9-33(42)40-31-18-22(17-23-5-4-16-39-20-23)10-12-27(31)24-6-3-7-25(28)19-24/h3-7,10-16,18-21,28H,1-2,8-9,17H2,(H,40,42). The molecule has 216 valence electrons. The molecule has 1 unspecified atom stereocenters. The number of carbonyl (C=O) groups excluding carboxylic acids is 1. The van der Waals surface area contributed by atoms with Crippen molar-refractivity contribution in [1.29, 1.82) is 0 Å². The summed E-state index contributed by atoms with van der Waals surface area (Å²) in [4.78, 5) is 17.2. The van der Waals surface area contributed by atoms with Gasteiger partial charge in [0, 0.05) is 36.1 Å². The van der Waals surface area contributed by atoms with Crippen molar-refractivity contribution in [2.75, 3.05) is 5.32 Å². The fourth-order valence-electron chi connectivity index (χ4n) is 5.75. The van der Waals surface area contributed by atoms with E-state index in [0.717, 1.165) is 45.6 Å². The van der Waals surface area contributed by atoms with Crippen LogP contribution < -0.4 is 10.0 Å². The fraction of sp³-hybridized carbons (Fsp3) is 0.171. The molecule has 2 bridgehead atoms. The Hall–Kier alpha value is -4.62. The van der Waals surface area contributed by atoms with Gasteiger partial charge in [-0.1, -0.05) is 60.5 Å². The predicted octanol–water partition coefficient (Wildman–Crippen LogP) is 8.22. The van der Waals surface area contributed by atoms with Gasteiger partial charge in [0.25, 0.3) is 0 Å². The Labute approximate surface area is 253 Å². The van der Waals surface area contributed by atoms with Gasteiger partial charge >= 0.3 is 0 Å². The van der Waals surface area contributed by atoms with Gasteiger partial charge in [0.15, 0.2) is 17.7 Å². The van der Waals surface area contributed by atoms with Crippen LogP contribution >= 0.6 is 11.6 Å². The molecule has 0 spiro atoms. The maximum atomic E-state index is 14.7. The summed E-state index contributed by atoms with van der Waals surface area (Å²) in [6.07, 6.45) is 7.76. The molecule has 5 aromatic rings. The van der Waals surface area contributed by atoms with E-state index in [4.69, 9.17) is 11.6 Å². The number of amides is 1. The maximum Gasteiger partial charge on any atom is 0.224 e. The molecule has 2 aromatic heterocycles. The van der Waals surface area contributed by atoms with Crippen molar-refractivity contribution in [3.63, 3.8) is 0 Å². The first-order valence-corrected chi connectivity index (χ1v) is 14.5. The summed E-state index contributed by atoms with van der Waals surface area (Å²) in [5.41, 5.74) is 5.79. The Morgan fingerprint density at radius 3 is 2.65 bits per heavy atom. The number of carbonyl (C=O) groups is 1. The predicted molar refractivity (Wildman–Crippen MR) is 164 cm³/mol. The molecule has 6 rings (SSSR count). The summed E-state index contributed by atoms with van der Waals surface area (Å²) in [5, 5.41) is 16.3. The zero-order valence-corrected chi connectivity index (χ0v) is 24.0. The Morgan fingerprint density at radius 2 is 1.84 bits per heavy atom. The van der Waals surface area contributed by atoms with Crippen molar-refractivity contribution in [3.05, 3.63) is 142 Å². The van der Waals surface area contributed by atoms with Gasteiger partial charge in [-0.3, -0.25) is 9.78 Å². The van der Waals surface area contributed by atoms with Crippen molar-refractivity contribution < 1.29 is 18.3 Å². The third-order valence-electron chi connectivity index (χ3n) is 7.87. The lowest BCUT2D eigenvalue weighted by Crippen LogP contribution is -2.33. The highest BCUT2D eigenvalue weighted by molar-refractivity contribution is 6.31. The van der Waals surface area contributed by atoms with Crippen LogP contribution in [0.5, 0.6) is 0 Å². The zero-order valence-electron chi connectivity index (χ0n) is 23.2. The quantitative estimate of drug-likeness (QED) is 0.129. The first-order valence-electron chi connectivity index (χ1n) is 14.2. The third kappa shape index (κ3) is 6.13. The van der Waals surface area contributed by atoms with Crippen LogP contribution in [0.2, 0.25) is 5.02 Å². The summed E-state index contributed by atoms with van der Waals surface area (Å²) in [6, 6.07) is 23.3. The average molecular weight is 596 g/mol. The number of pyridine rings is 2. The normalized spacial score (nSPS) is 15.1. The first-order chi connectivity index (χ1) is 20.9. The lowest BCUT2D eigenvalue weighted by Gasteiger charge is -2.20. The second-order valence-electron chi connectivity index (χ2n) is 10.8. The van der Waals surface area contributed by atoms with Crippen molar-refractivity contribution >= 4 is 23.2 Å². The minimum Gasteiger partial charge on any atom is -0.618 e. The number of hydrogen-bond acceptors (Lipinski definition) is 3. The van der Waals surface area contributed by atoms with E-state index in [2.05, 4.69) is 10.3 Å². The Kier molecular flexibility index (Phi) is 8.16. The molecule has 43 heavy (non-hydrogen) atoms. The van der Waals surface area contributed by atoms with E-state index in [1.807, 2.05) is 60.8 Å². The number of anilines is 1. The molecular formula is C35H28ClF2N3O2. The molecular weight excluding hydrogens is 568 g/mol. The van der Waals surface area contributed by atoms with Gasteiger partial charge in [-0.2, -0.15) is 4.73 Å². The van der Waals surface area contributed by atoms with Gasteiger partial charge in [-0.25, -0.2) is 8.78 Å². The van der Waals surface area contributed by atoms with Crippen LogP contribution in [0.25, 0.3) is 22.3 Å². The summed E-state index contributed by atoms with van der Waals surface area (Å²) in [5.74, 6) is -2.07. The topological polar surface area (TPSA) is 68.9 Å². The van der Waals surface area contributed by atoms with Crippen molar-refractivity contribution in [2.24, 2.45) is 0 Å². The Balaban J connectivity index is 1.39. The second-order valence-corrected chi connectivity index (χ2v) is 11.2. The second kappa shape index (κ2) is 12.3. The van der Waals surface area contributed by atoms with Crippen LogP contribution in [0.4, 0.5) is 14.5 Å². The highest BCUT2D eigenvalue weighted by Crippen LogP contribution is 2.36. The lowest BCUT2D eigenvalue weighted by atomic mass is 9.87. The van der Waals surface area contributed by atoms with Gasteiger partial charge in [0.1, 0.15) is 5.82 Å². The van der Waals surface area contributed by atoms with Gasteiger partial charge in [0.05, 0.1) is 22.1 Å². The number of nitrogens with zero attached hydrogens (tertiary/aromatic N) is 2. The van der Waals surface area contributed by atoms with Gasteiger partial charge in [-0.05, 0) is 71.8 Å². The molecule has 3 aromatic carbocycles. The molecule has 1 atom stereocenters. The number of benzene rings is 3. The summed E-state index contributed by atoms with van der Waals surface area (Å²) in [6.45, 7) is 0. The summed E-state index contributed by atoms with van der Waals surface area (Å²) < 4.78 is 29.9. The number of halogens is 3. The van der Waals surface area contributed by atoms with Crippen LogP contribution in [0, 0.1) is 16.8 Å². The Bertz CT molecular complexity index is 1810. The Morgan fingerprint density at radius 1 is 0.953 bits per heavy atom. The van der Waals surface area contributed by atoms with E-state index >= 15 is 0 Å². The van der Waals surface area contributed by atoms with E-state index < -0.39 is 11.6 Å². The van der Waals surface area contributed by atoms with E-state index in [0.29, 0.717) is 42.5 Å². The zero-order chi connectivity index (χ0) is 29.9. The summed E-state index contributed by atoms with van der Waals surface area (Å²) in [7, 11) is 0. The van der Waals surface area contributed by atoms with E-state index in [-0.39, 0.29) is 28.0 Å². The molecule has 5 nitrogen and oxygen atoms in total. The van der Waals surface area contributed by atoms with Gasteiger partial charge in [0.2, 0.25) is 5.91 Å². The third-order valence-corrected chi connectivity index (χ3v) is 8.16. The monoisotopic (exact) mass is 595 g/mol. The number of rotatable bonds is 4. The molecule has 0 radical (unpaired) electrons.